The van der Waals surface area contributed by atoms with Gasteiger partial charge in [-0.25, -0.2) is 9.67 Å². The van der Waals surface area contributed by atoms with Crippen molar-refractivity contribution in [3.05, 3.63) is 16.4 Å². The SMILES string of the molecule is COc1ncnc(Sc2nnnn2CC(=O)O)c1[N+](=O)[O-]. The number of nitrogens with zero attached hydrogens (tertiary/aromatic N) is 7. The minimum absolute atomic E-state index is 0.0428. The van der Waals surface area contributed by atoms with Gasteiger partial charge in [0.1, 0.15) is 12.9 Å². The molecule has 0 saturated carbocycles. The molecule has 21 heavy (non-hydrogen) atoms. The number of aliphatic carboxylic acids is 1. The molecule has 0 fully saturated rings. The zero-order chi connectivity index (χ0) is 15.4. The molecule has 0 amide bonds. The van der Waals surface area contributed by atoms with Crippen molar-refractivity contribution in [1.82, 2.24) is 30.2 Å². The number of carbonyl (C=O) groups is 1. The Kier molecular flexibility index (Phi) is 4.22. The summed E-state index contributed by atoms with van der Waals surface area (Å²) >= 11 is 0.738. The van der Waals surface area contributed by atoms with Crippen LogP contribution < -0.4 is 4.74 Å². The Balaban J connectivity index is 2.38. The van der Waals surface area contributed by atoms with Gasteiger partial charge >= 0.3 is 11.7 Å². The van der Waals surface area contributed by atoms with E-state index in [9.17, 15) is 14.9 Å². The van der Waals surface area contributed by atoms with E-state index in [1.165, 1.54) is 7.11 Å². The Morgan fingerprint density at radius 2 is 2.33 bits per heavy atom. The third-order valence-electron chi connectivity index (χ3n) is 2.10. The summed E-state index contributed by atoms with van der Waals surface area (Å²) in [5.41, 5.74) is -0.449. The number of carboxylic acids is 1. The van der Waals surface area contributed by atoms with Gasteiger partial charge in [-0.15, -0.1) is 5.10 Å². The van der Waals surface area contributed by atoms with Crippen LogP contribution in [0, 0.1) is 10.1 Å². The third kappa shape index (κ3) is 3.19. The quantitative estimate of drug-likeness (QED) is 0.420. The normalized spacial score (nSPS) is 10.3. The first-order valence-corrected chi connectivity index (χ1v) is 6.03. The van der Waals surface area contributed by atoms with Gasteiger partial charge in [0.25, 0.3) is 5.88 Å². The maximum atomic E-state index is 11.1. The maximum absolute atomic E-state index is 11.1. The first-order valence-electron chi connectivity index (χ1n) is 5.22. The molecule has 2 rings (SSSR count). The minimum Gasteiger partial charge on any atom is -0.480 e. The van der Waals surface area contributed by atoms with Crippen LogP contribution in [0.1, 0.15) is 0 Å². The summed E-state index contributed by atoms with van der Waals surface area (Å²) in [5.74, 6) is -1.37. The molecule has 1 N–H and O–H groups in total. The molecule has 0 aliphatic heterocycles. The van der Waals surface area contributed by atoms with Crippen LogP contribution in [0.4, 0.5) is 5.69 Å². The largest absolute Gasteiger partial charge is 0.480 e. The lowest BCUT2D eigenvalue weighted by Crippen LogP contribution is -2.11. The van der Waals surface area contributed by atoms with E-state index >= 15 is 0 Å². The molecule has 2 heterocycles. The van der Waals surface area contributed by atoms with Crippen molar-refractivity contribution in [3.8, 4) is 5.88 Å². The van der Waals surface area contributed by atoms with Gasteiger partial charge < -0.3 is 9.84 Å². The van der Waals surface area contributed by atoms with Crippen LogP contribution in [0.5, 0.6) is 5.88 Å². The molecule has 0 spiro atoms. The molecular formula is C8H7N7O5S. The lowest BCUT2D eigenvalue weighted by molar-refractivity contribution is -0.389. The second-order valence-corrected chi connectivity index (χ2v) is 4.36. The van der Waals surface area contributed by atoms with Gasteiger partial charge in [-0.1, -0.05) is 0 Å². The number of ether oxygens (including phenoxy) is 1. The van der Waals surface area contributed by atoms with Crippen molar-refractivity contribution >= 4 is 23.4 Å². The number of methoxy groups -OCH3 is 1. The molecule has 12 nitrogen and oxygen atoms in total. The summed E-state index contributed by atoms with van der Waals surface area (Å²) in [6.07, 6.45) is 1.08. The fraction of sp³-hybridized carbons (Fsp3) is 0.250. The molecule has 2 aromatic rings. The Morgan fingerprint density at radius 1 is 1.57 bits per heavy atom. The van der Waals surface area contributed by atoms with Crippen molar-refractivity contribution in [2.45, 2.75) is 16.7 Å². The third-order valence-corrected chi connectivity index (χ3v) is 3.07. The molecule has 0 radical (unpaired) electrons. The molecule has 0 unspecified atom stereocenters. The van der Waals surface area contributed by atoms with E-state index in [0.717, 1.165) is 22.8 Å². The summed E-state index contributed by atoms with van der Waals surface area (Å²) in [6, 6.07) is 0. The molecule has 2 aromatic heterocycles. The number of hydrogen-bond acceptors (Lipinski definition) is 10. The van der Waals surface area contributed by atoms with Gasteiger partial charge in [-0.3, -0.25) is 14.9 Å². The zero-order valence-electron chi connectivity index (χ0n) is 10.4. The highest BCUT2D eigenvalue weighted by Gasteiger charge is 2.26. The van der Waals surface area contributed by atoms with E-state index in [4.69, 9.17) is 9.84 Å². The topological polar surface area (TPSA) is 159 Å². The highest BCUT2D eigenvalue weighted by molar-refractivity contribution is 7.99. The van der Waals surface area contributed by atoms with E-state index in [2.05, 4.69) is 25.5 Å². The molecule has 0 bridgehead atoms. The number of rotatable bonds is 6. The highest BCUT2D eigenvalue weighted by atomic mass is 32.2. The van der Waals surface area contributed by atoms with Gasteiger partial charge in [-0.05, 0) is 22.2 Å². The van der Waals surface area contributed by atoms with E-state index < -0.39 is 23.1 Å². The summed E-state index contributed by atoms with van der Waals surface area (Å²) in [7, 11) is 1.23. The highest BCUT2D eigenvalue weighted by Crippen LogP contribution is 2.36. The van der Waals surface area contributed by atoms with E-state index in [0.29, 0.717) is 0 Å². The molecule has 0 saturated heterocycles. The van der Waals surface area contributed by atoms with Gasteiger partial charge in [0.05, 0.1) is 12.0 Å². The maximum Gasteiger partial charge on any atom is 0.363 e. The minimum atomic E-state index is -1.15. The van der Waals surface area contributed by atoms with Crippen molar-refractivity contribution in [2.75, 3.05) is 7.11 Å². The lowest BCUT2D eigenvalue weighted by atomic mass is 10.5. The predicted molar refractivity (Wildman–Crippen MR) is 64.8 cm³/mol. The number of hydrogen-bond donors (Lipinski definition) is 1. The molecule has 0 aliphatic rings. The van der Waals surface area contributed by atoms with E-state index in [1.54, 1.807) is 0 Å². The van der Waals surface area contributed by atoms with E-state index in [-0.39, 0.29) is 16.1 Å². The number of nitro groups is 1. The number of tetrazole rings is 1. The molecule has 0 atom stereocenters. The van der Waals surface area contributed by atoms with Crippen LogP contribution in [-0.2, 0) is 11.3 Å². The van der Waals surface area contributed by atoms with Crippen molar-refractivity contribution in [3.63, 3.8) is 0 Å². The molecule has 13 heteroatoms. The second-order valence-electron chi connectivity index (χ2n) is 3.41. The van der Waals surface area contributed by atoms with Crippen molar-refractivity contribution < 1.29 is 19.6 Å². The van der Waals surface area contributed by atoms with Gasteiger partial charge in [-0.2, -0.15) is 4.98 Å². The smallest absolute Gasteiger partial charge is 0.363 e. The van der Waals surface area contributed by atoms with E-state index in [1.807, 2.05) is 0 Å². The van der Waals surface area contributed by atoms with Crippen molar-refractivity contribution in [1.29, 1.82) is 0 Å². The van der Waals surface area contributed by atoms with Crippen LogP contribution in [-0.4, -0.2) is 53.3 Å². The predicted octanol–water partition coefficient (Wildman–Crippen LogP) is -0.384. The fourth-order valence-corrected chi connectivity index (χ4v) is 2.13. The Bertz CT molecular complexity index is 689. The standard InChI is InChI=1S/C8H7N7O5S/c1-20-6-5(15(18)19)7(10-3-9-6)21-8-11-12-13-14(8)2-4(16)17/h3H,2H2,1H3,(H,16,17). The summed E-state index contributed by atoms with van der Waals surface area (Å²) in [6.45, 7) is -0.481. The van der Waals surface area contributed by atoms with Gasteiger partial charge in [0, 0.05) is 0 Å². The molecule has 0 aromatic carbocycles. The number of carboxylic acid groups (broad SMARTS) is 1. The second kappa shape index (κ2) is 6.08. The van der Waals surface area contributed by atoms with Crippen LogP contribution in [0.15, 0.2) is 16.5 Å². The average molecular weight is 313 g/mol. The first kappa shape index (κ1) is 14.6. The van der Waals surface area contributed by atoms with Gasteiger partial charge in [0.2, 0.25) is 5.16 Å². The summed E-state index contributed by atoms with van der Waals surface area (Å²) in [5, 5.41) is 30.2. The van der Waals surface area contributed by atoms with Crippen LogP contribution in [0.3, 0.4) is 0 Å². The monoisotopic (exact) mass is 313 g/mol. The summed E-state index contributed by atoms with van der Waals surface area (Å²) in [4.78, 5) is 28.5. The average Bonchev–Trinajstić information content (AvgIpc) is 2.84. The number of aromatic nitrogens is 6. The molecular weight excluding hydrogens is 306 g/mol. The van der Waals surface area contributed by atoms with Gasteiger partial charge in [0.15, 0.2) is 5.03 Å². The Morgan fingerprint density at radius 3 is 2.95 bits per heavy atom. The first-order chi connectivity index (χ1) is 10.0. The Hall–Kier alpha value is -2.83. The van der Waals surface area contributed by atoms with Crippen LogP contribution >= 0.6 is 11.8 Å². The molecule has 110 valence electrons. The fourth-order valence-electron chi connectivity index (χ4n) is 1.31. The zero-order valence-corrected chi connectivity index (χ0v) is 11.2. The summed E-state index contributed by atoms with van der Waals surface area (Å²) < 4.78 is 5.78. The lowest BCUT2D eigenvalue weighted by Gasteiger charge is -2.04. The molecule has 0 aliphatic carbocycles. The Labute approximate surface area is 120 Å². The van der Waals surface area contributed by atoms with Crippen molar-refractivity contribution in [2.24, 2.45) is 0 Å². The van der Waals surface area contributed by atoms with Crippen LogP contribution in [0.25, 0.3) is 0 Å². The van der Waals surface area contributed by atoms with Crippen LogP contribution in [0.2, 0.25) is 0 Å².